The molecule has 3 aromatic rings. The van der Waals surface area contributed by atoms with Crippen molar-refractivity contribution < 1.29 is 32.2 Å². The lowest BCUT2D eigenvalue weighted by atomic mass is 10.1. The minimum Gasteiger partial charge on any atom is -0.486 e. The quantitative estimate of drug-likeness (QED) is 0.533. The van der Waals surface area contributed by atoms with Crippen LogP contribution in [0.25, 0.3) is 0 Å². The molecule has 1 aliphatic heterocycles. The Bertz CT molecular complexity index is 1300. The Labute approximate surface area is 190 Å². The first-order valence-corrected chi connectivity index (χ1v) is 11.4. The number of carbonyl (C=O) groups is 2. The van der Waals surface area contributed by atoms with Gasteiger partial charge in [-0.25, -0.2) is 13.2 Å². The molecule has 0 saturated heterocycles. The predicted octanol–water partition coefficient (Wildman–Crippen LogP) is 3.30. The second-order valence-corrected chi connectivity index (χ2v) is 8.70. The average Bonchev–Trinajstić information content (AvgIpc) is 2.84. The third kappa shape index (κ3) is 5.07. The summed E-state index contributed by atoms with van der Waals surface area (Å²) in [7, 11) is -2.60. The molecule has 0 atom stereocenters. The Morgan fingerprint density at radius 3 is 2.24 bits per heavy atom. The normalized spacial score (nSPS) is 12.5. The molecule has 9 nitrogen and oxygen atoms in total. The van der Waals surface area contributed by atoms with E-state index in [4.69, 9.17) is 9.47 Å². The zero-order valence-corrected chi connectivity index (χ0v) is 18.3. The van der Waals surface area contributed by atoms with Crippen molar-refractivity contribution >= 4 is 33.3 Å². The molecule has 1 amide bonds. The fourth-order valence-corrected chi connectivity index (χ4v) is 4.21. The summed E-state index contributed by atoms with van der Waals surface area (Å²) >= 11 is 0. The van der Waals surface area contributed by atoms with Gasteiger partial charge in [-0.15, -0.1) is 0 Å². The van der Waals surface area contributed by atoms with Gasteiger partial charge in [0.05, 0.1) is 17.6 Å². The first kappa shape index (κ1) is 22.2. The molecule has 170 valence electrons. The van der Waals surface area contributed by atoms with Crippen LogP contribution in [0.3, 0.4) is 0 Å². The maximum atomic E-state index is 12.7. The van der Waals surface area contributed by atoms with Crippen LogP contribution < -0.4 is 19.5 Å². The monoisotopic (exact) mass is 468 g/mol. The van der Waals surface area contributed by atoms with E-state index in [0.717, 1.165) is 0 Å². The van der Waals surface area contributed by atoms with Gasteiger partial charge in [0.15, 0.2) is 11.5 Å². The molecule has 10 heteroatoms. The SMILES string of the molecule is COC(=O)c1cccc(C(=O)Nc2ccc(NS(=O)(=O)c3ccc4c(c3)OCCO4)cc2)c1. The van der Waals surface area contributed by atoms with Crippen molar-refractivity contribution in [3.63, 3.8) is 0 Å². The number of nitrogens with one attached hydrogen (secondary N) is 2. The molecule has 2 N–H and O–H groups in total. The standard InChI is InChI=1S/C23H20N2O7S/c1-30-23(27)16-4-2-3-15(13-16)22(26)24-17-5-7-18(8-6-17)25-33(28,29)19-9-10-20-21(14-19)32-12-11-31-20/h2-10,13-14,25H,11-12H2,1H3,(H,24,26). The summed E-state index contributed by atoms with van der Waals surface area (Å²) in [6, 6.07) is 16.7. The summed E-state index contributed by atoms with van der Waals surface area (Å²) < 4.78 is 43.5. The molecule has 1 heterocycles. The van der Waals surface area contributed by atoms with Gasteiger partial charge in [-0.05, 0) is 54.6 Å². The van der Waals surface area contributed by atoms with Crippen molar-refractivity contribution in [1.82, 2.24) is 0 Å². The molecule has 0 aliphatic carbocycles. The third-order valence-corrected chi connectivity index (χ3v) is 6.14. The van der Waals surface area contributed by atoms with E-state index in [2.05, 4.69) is 14.8 Å². The van der Waals surface area contributed by atoms with E-state index in [1.165, 1.54) is 37.4 Å². The number of methoxy groups -OCH3 is 1. The largest absolute Gasteiger partial charge is 0.486 e. The molecule has 0 saturated carbocycles. The van der Waals surface area contributed by atoms with Gasteiger partial charge < -0.3 is 19.5 Å². The molecule has 3 aromatic carbocycles. The van der Waals surface area contributed by atoms with Gasteiger partial charge in [0.1, 0.15) is 13.2 Å². The fourth-order valence-electron chi connectivity index (χ4n) is 3.14. The van der Waals surface area contributed by atoms with Gasteiger partial charge in [-0.1, -0.05) is 6.07 Å². The van der Waals surface area contributed by atoms with Gasteiger partial charge in [0, 0.05) is 23.0 Å². The first-order valence-electron chi connectivity index (χ1n) is 9.88. The number of carbonyl (C=O) groups excluding carboxylic acids is 2. The van der Waals surface area contributed by atoms with Gasteiger partial charge in [-0.2, -0.15) is 0 Å². The maximum Gasteiger partial charge on any atom is 0.337 e. The highest BCUT2D eigenvalue weighted by atomic mass is 32.2. The Kier molecular flexibility index (Phi) is 6.18. The number of sulfonamides is 1. The lowest BCUT2D eigenvalue weighted by molar-refractivity contribution is 0.0600. The van der Waals surface area contributed by atoms with E-state index in [-0.39, 0.29) is 16.0 Å². The highest BCUT2D eigenvalue weighted by Crippen LogP contribution is 2.32. The van der Waals surface area contributed by atoms with Crippen LogP contribution in [-0.2, 0) is 14.8 Å². The molecule has 0 spiro atoms. The van der Waals surface area contributed by atoms with Crippen LogP contribution in [-0.4, -0.2) is 40.6 Å². The van der Waals surface area contributed by atoms with E-state index in [0.29, 0.717) is 36.1 Å². The summed E-state index contributed by atoms with van der Waals surface area (Å²) in [6.07, 6.45) is 0. The van der Waals surface area contributed by atoms with E-state index in [9.17, 15) is 18.0 Å². The Hall–Kier alpha value is -4.05. The zero-order valence-electron chi connectivity index (χ0n) is 17.5. The average molecular weight is 468 g/mol. The van der Waals surface area contributed by atoms with Crippen LogP contribution in [0, 0.1) is 0 Å². The molecule has 0 unspecified atom stereocenters. The van der Waals surface area contributed by atoms with E-state index < -0.39 is 21.9 Å². The van der Waals surface area contributed by atoms with Crippen molar-refractivity contribution in [3.05, 3.63) is 77.9 Å². The van der Waals surface area contributed by atoms with Crippen LogP contribution >= 0.6 is 0 Å². The topological polar surface area (TPSA) is 120 Å². The van der Waals surface area contributed by atoms with Crippen molar-refractivity contribution in [2.75, 3.05) is 30.4 Å². The third-order valence-electron chi connectivity index (χ3n) is 4.76. The molecule has 0 aromatic heterocycles. The molecule has 33 heavy (non-hydrogen) atoms. The van der Waals surface area contributed by atoms with Crippen LogP contribution in [0.5, 0.6) is 11.5 Å². The number of ether oxygens (including phenoxy) is 3. The molecule has 0 fully saturated rings. The van der Waals surface area contributed by atoms with E-state index >= 15 is 0 Å². The molecular weight excluding hydrogens is 448 g/mol. The fraction of sp³-hybridized carbons (Fsp3) is 0.130. The second kappa shape index (κ2) is 9.21. The van der Waals surface area contributed by atoms with Gasteiger partial charge in [0.25, 0.3) is 15.9 Å². The number of anilines is 2. The lowest BCUT2D eigenvalue weighted by Gasteiger charge is -2.19. The van der Waals surface area contributed by atoms with Gasteiger partial charge in [-0.3, -0.25) is 9.52 Å². The predicted molar refractivity (Wildman–Crippen MR) is 120 cm³/mol. The van der Waals surface area contributed by atoms with E-state index in [1.807, 2.05) is 0 Å². The highest BCUT2D eigenvalue weighted by Gasteiger charge is 2.19. The van der Waals surface area contributed by atoms with Crippen LogP contribution in [0.2, 0.25) is 0 Å². The van der Waals surface area contributed by atoms with Crippen molar-refractivity contribution in [2.24, 2.45) is 0 Å². The number of hydrogen-bond acceptors (Lipinski definition) is 7. The summed E-state index contributed by atoms with van der Waals surface area (Å²) in [5.74, 6) is -0.0967. The maximum absolute atomic E-state index is 12.7. The number of rotatable bonds is 6. The number of benzene rings is 3. The Morgan fingerprint density at radius 1 is 0.848 bits per heavy atom. The second-order valence-electron chi connectivity index (χ2n) is 7.01. The lowest BCUT2D eigenvalue weighted by Crippen LogP contribution is -2.17. The van der Waals surface area contributed by atoms with Crippen LogP contribution in [0.1, 0.15) is 20.7 Å². The highest BCUT2D eigenvalue weighted by molar-refractivity contribution is 7.92. The van der Waals surface area contributed by atoms with Gasteiger partial charge in [0.2, 0.25) is 0 Å². The summed E-state index contributed by atoms with van der Waals surface area (Å²) in [5, 5.41) is 2.70. The number of fused-ring (bicyclic) bond motifs is 1. The molecule has 0 radical (unpaired) electrons. The summed E-state index contributed by atoms with van der Waals surface area (Å²) in [4.78, 5) is 24.2. The van der Waals surface area contributed by atoms with Crippen molar-refractivity contribution in [1.29, 1.82) is 0 Å². The molecule has 0 bridgehead atoms. The summed E-state index contributed by atoms with van der Waals surface area (Å²) in [5.41, 5.74) is 1.30. The first-order chi connectivity index (χ1) is 15.9. The van der Waals surface area contributed by atoms with E-state index in [1.54, 1.807) is 36.4 Å². The van der Waals surface area contributed by atoms with Crippen LogP contribution in [0.15, 0.2) is 71.6 Å². The Morgan fingerprint density at radius 2 is 1.52 bits per heavy atom. The number of esters is 1. The molecular formula is C23H20N2O7S. The summed E-state index contributed by atoms with van der Waals surface area (Å²) in [6.45, 7) is 0.765. The van der Waals surface area contributed by atoms with Gasteiger partial charge >= 0.3 is 5.97 Å². The molecule has 4 rings (SSSR count). The molecule has 1 aliphatic rings. The Balaban J connectivity index is 1.44. The number of amides is 1. The minimum atomic E-state index is -3.86. The minimum absolute atomic E-state index is 0.0367. The number of hydrogen-bond donors (Lipinski definition) is 2. The zero-order chi connectivity index (χ0) is 23.4. The van der Waals surface area contributed by atoms with Crippen molar-refractivity contribution in [2.45, 2.75) is 4.90 Å². The van der Waals surface area contributed by atoms with Crippen molar-refractivity contribution in [3.8, 4) is 11.5 Å². The smallest absolute Gasteiger partial charge is 0.337 e. The van der Waals surface area contributed by atoms with Crippen LogP contribution in [0.4, 0.5) is 11.4 Å².